The summed E-state index contributed by atoms with van der Waals surface area (Å²) in [6.07, 6.45) is -5.46. The van der Waals surface area contributed by atoms with Gasteiger partial charge in [-0.15, -0.1) is 0 Å². The van der Waals surface area contributed by atoms with E-state index >= 15 is 0 Å². The zero-order chi connectivity index (χ0) is 13.9. The molecule has 17 heavy (non-hydrogen) atoms. The molecule has 0 rings (SSSR count). The van der Waals surface area contributed by atoms with Crippen LogP contribution in [0, 0.1) is 0 Å². The van der Waals surface area contributed by atoms with Crippen LogP contribution >= 0.6 is 7.60 Å². The molecule has 0 saturated carbocycles. The second-order valence-electron chi connectivity index (χ2n) is 2.78. The molecule has 0 bridgehead atoms. The van der Waals surface area contributed by atoms with Crippen LogP contribution in [0.1, 0.15) is 13.8 Å². The van der Waals surface area contributed by atoms with Gasteiger partial charge in [-0.25, -0.2) is 0 Å². The lowest BCUT2D eigenvalue weighted by Crippen LogP contribution is -2.37. The van der Waals surface area contributed by atoms with Crippen LogP contribution < -0.4 is 0 Å². The first kappa shape index (κ1) is 16.9. The molecular weight excluding hydrogens is 288 g/mol. The highest BCUT2D eigenvalue weighted by atomic mass is 32.2. The number of hydrogen-bond donors (Lipinski definition) is 1. The molecule has 0 heterocycles. The highest BCUT2D eigenvalue weighted by Gasteiger charge is 2.61. The Labute approximate surface area is 96.4 Å². The van der Waals surface area contributed by atoms with E-state index in [-0.39, 0.29) is 0 Å². The summed E-state index contributed by atoms with van der Waals surface area (Å²) in [5, 5.41) is 0. The lowest BCUT2D eigenvalue weighted by Gasteiger charge is -2.25. The summed E-state index contributed by atoms with van der Waals surface area (Å²) in [6.45, 7) is 1.50. The lowest BCUT2D eigenvalue weighted by atomic mass is 10.8. The van der Waals surface area contributed by atoms with Crippen molar-refractivity contribution in [2.75, 3.05) is 13.2 Å². The quantitative estimate of drug-likeness (QED) is 0.596. The highest BCUT2D eigenvalue weighted by Crippen LogP contribution is 2.59. The Morgan fingerprint density at radius 2 is 1.59 bits per heavy atom. The van der Waals surface area contributed by atoms with Gasteiger partial charge in [0.05, 0.1) is 13.2 Å². The van der Waals surface area contributed by atoms with Gasteiger partial charge >= 0.3 is 13.8 Å². The third-order valence-electron chi connectivity index (χ3n) is 1.47. The molecule has 0 spiro atoms. The zero-order valence-corrected chi connectivity index (χ0v) is 10.7. The summed E-state index contributed by atoms with van der Waals surface area (Å²) >= 11 is 0. The summed E-state index contributed by atoms with van der Waals surface area (Å²) in [7, 11) is -10.7. The number of rotatable bonds is 6. The van der Waals surface area contributed by atoms with Gasteiger partial charge in [0.2, 0.25) is 0 Å². The first-order valence-electron chi connectivity index (χ1n) is 4.40. The first-order chi connectivity index (χ1) is 7.49. The van der Waals surface area contributed by atoms with Crippen LogP contribution in [-0.4, -0.2) is 37.4 Å². The van der Waals surface area contributed by atoms with Gasteiger partial charge in [0, 0.05) is 0 Å². The Morgan fingerprint density at radius 1 is 1.24 bits per heavy atom. The molecule has 1 unspecified atom stereocenters. The van der Waals surface area contributed by atoms with Crippen LogP contribution in [0.2, 0.25) is 0 Å². The van der Waals surface area contributed by atoms with E-state index < -0.39 is 42.1 Å². The van der Waals surface area contributed by atoms with Gasteiger partial charge in [-0.3, -0.25) is 9.12 Å². The van der Waals surface area contributed by atoms with E-state index in [1.54, 1.807) is 0 Å². The fourth-order valence-corrected chi connectivity index (χ4v) is 4.48. The third kappa shape index (κ3) is 4.55. The summed E-state index contributed by atoms with van der Waals surface area (Å²) < 4.78 is 87.6. The van der Waals surface area contributed by atoms with Crippen molar-refractivity contribution >= 4 is 17.7 Å². The Morgan fingerprint density at radius 3 is 1.76 bits per heavy atom. The molecule has 0 amide bonds. The summed E-state index contributed by atoms with van der Waals surface area (Å²) in [5.74, 6) is 0. The van der Waals surface area contributed by atoms with Crippen molar-refractivity contribution in [2.24, 2.45) is 0 Å². The Balaban J connectivity index is 5.64. The van der Waals surface area contributed by atoms with Crippen LogP contribution in [0.4, 0.5) is 13.2 Å². The van der Waals surface area contributed by atoms with Gasteiger partial charge in [-0.05, 0) is 13.8 Å². The maximum atomic E-state index is 12.5. The molecule has 0 fully saturated rings. The maximum Gasteiger partial charge on any atom is 0.419 e. The van der Waals surface area contributed by atoms with Crippen molar-refractivity contribution in [3.63, 3.8) is 0 Å². The maximum absolute atomic E-state index is 12.5. The second-order valence-corrected chi connectivity index (χ2v) is 6.75. The molecule has 1 N–H and O–H groups in total. The summed E-state index contributed by atoms with van der Waals surface area (Å²) in [4.78, 5) is -3.60. The molecule has 0 aromatic carbocycles. The Kier molecular flexibility index (Phi) is 5.61. The molecule has 0 aliphatic rings. The number of hydrogen-bond acceptors (Lipinski definition) is 5. The molecule has 104 valence electrons. The van der Waals surface area contributed by atoms with Gasteiger partial charge in [0.15, 0.2) is 0 Å². The molecule has 0 aromatic heterocycles. The summed E-state index contributed by atoms with van der Waals surface area (Å²) in [5.41, 5.74) is 0. The average Bonchev–Trinajstić information content (AvgIpc) is 1.97. The van der Waals surface area contributed by atoms with Gasteiger partial charge in [-0.2, -0.15) is 21.6 Å². The molecule has 0 aromatic rings. The topological polar surface area (TPSA) is 89.9 Å². The van der Waals surface area contributed by atoms with Crippen LogP contribution in [0.25, 0.3) is 0 Å². The van der Waals surface area contributed by atoms with Crippen molar-refractivity contribution in [1.29, 1.82) is 0 Å². The average molecular weight is 300 g/mol. The number of halogens is 3. The minimum absolute atomic E-state index is 0.459. The molecule has 0 aliphatic heterocycles. The molecule has 6 nitrogen and oxygen atoms in total. The standard InChI is InChI=1S/C6H12F3O6PS/c1-3-14-16(10,15-4-2)5(6(7,8)9)17(11,12)13/h5H,3-4H2,1-2H3,(H,11,12,13). The van der Waals surface area contributed by atoms with E-state index in [9.17, 15) is 26.2 Å². The molecular formula is C6H12F3O6PS. The Hall–Kier alpha value is -0.150. The Bertz CT molecular complexity index is 381. The highest BCUT2D eigenvalue weighted by molar-refractivity contribution is 7.94. The zero-order valence-electron chi connectivity index (χ0n) is 8.97. The van der Waals surface area contributed by atoms with Gasteiger partial charge in [-0.1, -0.05) is 0 Å². The molecule has 11 heteroatoms. The fraction of sp³-hybridized carbons (Fsp3) is 1.00. The fourth-order valence-electron chi connectivity index (χ4n) is 1.04. The monoisotopic (exact) mass is 300 g/mol. The van der Waals surface area contributed by atoms with E-state index in [0.29, 0.717) is 0 Å². The normalized spacial score (nSPS) is 15.9. The largest absolute Gasteiger partial charge is 0.419 e. The number of alkyl halides is 3. The predicted octanol–water partition coefficient (Wildman–Crippen LogP) is 2.03. The van der Waals surface area contributed by atoms with E-state index in [4.69, 9.17) is 4.55 Å². The summed E-state index contributed by atoms with van der Waals surface area (Å²) in [6, 6.07) is 0. The predicted molar refractivity (Wildman–Crippen MR) is 52.3 cm³/mol. The molecule has 0 aliphatic carbocycles. The van der Waals surface area contributed by atoms with E-state index in [2.05, 4.69) is 9.05 Å². The van der Waals surface area contributed by atoms with Crippen molar-refractivity contribution < 1.29 is 39.8 Å². The van der Waals surface area contributed by atoms with E-state index in [1.165, 1.54) is 13.8 Å². The molecule has 0 radical (unpaired) electrons. The molecule has 1 atom stereocenters. The SMILES string of the molecule is CCOP(=O)(OCC)C(C(F)(F)F)S(=O)(=O)O. The molecule has 0 saturated heterocycles. The van der Waals surface area contributed by atoms with Crippen molar-refractivity contribution in [1.82, 2.24) is 0 Å². The van der Waals surface area contributed by atoms with E-state index in [0.717, 1.165) is 0 Å². The second kappa shape index (κ2) is 5.66. The van der Waals surface area contributed by atoms with E-state index in [1.807, 2.05) is 0 Å². The third-order valence-corrected chi connectivity index (χ3v) is 5.98. The van der Waals surface area contributed by atoms with Gasteiger partial charge in [0.1, 0.15) is 0 Å². The lowest BCUT2D eigenvalue weighted by molar-refractivity contribution is -0.120. The van der Waals surface area contributed by atoms with Crippen LogP contribution in [0.15, 0.2) is 0 Å². The van der Waals surface area contributed by atoms with Crippen LogP contribution in [-0.2, 0) is 23.7 Å². The van der Waals surface area contributed by atoms with Crippen molar-refractivity contribution in [2.45, 2.75) is 25.0 Å². The smallest absolute Gasteiger partial charge is 0.308 e. The minimum Gasteiger partial charge on any atom is -0.308 e. The van der Waals surface area contributed by atoms with Crippen molar-refractivity contribution in [3.8, 4) is 0 Å². The van der Waals surface area contributed by atoms with Crippen LogP contribution in [0.3, 0.4) is 0 Å². The van der Waals surface area contributed by atoms with Crippen molar-refractivity contribution in [3.05, 3.63) is 0 Å². The van der Waals surface area contributed by atoms with Gasteiger partial charge in [0.25, 0.3) is 15.1 Å². The van der Waals surface area contributed by atoms with Gasteiger partial charge < -0.3 is 9.05 Å². The first-order valence-corrected chi connectivity index (χ1v) is 7.52. The minimum atomic E-state index is -5.66. The van der Waals surface area contributed by atoms with Crippen LogP contribution in [0.5, 0.6) is 0 Å².